The Bertz CT molecular complexity index is 1110. The van der Waals surface area contributed by atoms with E-state index in [0.717, 1.165) is 7.11 Å². The minimum absolute atomic E-state index is 0.0123. The monoisotopic (exact) mass is 432 g/mol. The first-order valence-corrected chi connectivity index (χ1v) is 9.12. The van der Waals surface area contributed by atoms with Crippen LogP contribution < -0.4 is 9.47 Å². The van der Waals surface area contributed by atoms with Crippen LogP contribution in [-0.2, 0) is 9.47 Å². The average molecular weight is 432 g/mol. The van der Waals surface area contributed by atoms with Crippen molar-refractivity contribution < 1.29 is 38.3 Å². The van der Waals surface area contributed by atoms with E-state index in [2.05, 4.69) is 14.7 Å². The third-order valence-corrected chi connectivity index (χ3v) is 4.47. The summed E-state index contributed by atoms with van der Waals surface area (Å²) in [5.41, 5.74) is 0.610. The number of halogens is 1. The van der Waals surface area contributed by atoms with Crippen LogP contribution in [0.1, 0.15) is 22.0 Å². The molecule has 0 aliphatic rings. The highest BCUT2D eigenvalue weighted by Crippen LogP contribution is 2.36. The van der Waals surface area contributed by atoms with E-state index in [9.17, 15) is 15.0 Å². The fourth-order valence-corrected chi connectivity index (χ4v) is 2.96. The number of hydrogen-bond acceptors (Lipinski definition) is 9. The number of aromatic nitrogens is 2. The number of aliphatic hydroxyl groups is 2. The van der Waals surface area contributed by atoms with Crippen LogP contribution in [0.2, 0.25) is 0 Å². The van der Waals surface area contributed by atoms with E-state index in [-0.39, 0.29) is 46.3 Å². The Morgan fingerprint density at radius 3 is 2.61 bits per heavy atom. The van der Waals surface area contributed by atoms with Gasteiger partial charge in [0.15, 0.2) is 12.5 Å². The Hall–Kier alpha value is -3.34. The molecule has 3 aromatic rings. The number of aliphatic hydroxyl groups excluding tert-OH is 2. The lowest BCUT2D eigenvalue weighted by Crippen LogP contribution is -2.08. The molecular weight excluding hydrogens is 411 g/mol. The number of nitrogens with zero attached hydrogens (tertiary/aromatic N) is 2. The maximum absolute atomic E-state index is 15.1. The van der Waals surface area contributed by atoms with Crippen LogP contribution >= 0.6 is 0 Å². The van der Waals surface area contributed by atoms with Crippen LogP contribution in [0.25, 0.3) is 22.3 Å². The highest BCUT2D eigenvalue weighted by atomic mass is 19.1. The Kier molecular flexibility index (Phi) is 6.95. The van der Waals surface area contributed by atoms with E-state index in [4.69, 9.17) is 14.2 Å². The van der Waals surface area contributed by atoms with Crippen molar-refractivity contribution in [2.45, 2.75) is 6.10 Å². The third-order valence-electron chi connectivity index (χ3n) is 4.47. The van der Waals surface area contributed by atoms with Gasteiger partial charge in [0.1, 0.15) is 23.1 Å². The fourth-order valence-electron chi connectivity index (χ4n) is 2.96. The quantitative estimate of drug-likeness (QED) is 0.408. The summed E-state index contributed by atoms with van der Waals surface area (Å²) in [6.07, 6.45) is -1.17. The molecule has 0 aliphatic heterocycles. The number of fused-ring (bicyclic) bond motifs is 1. The summed E-state index contributed by atoms with van der Waals surface area (Å²) in [4.78, 5) is 20.7. The van der Waals surface area contributed by atoms with Crippen molar-refractivity contribution in [3.63, 3.8) is 0 Å². The van der Waals surface area contributed by atoms with E-state index < -0.39 is 24.5 Å². The largest absolute Gasteiger partial charge is 0.479 e. The van der Waals surface area contributed by atoms with Gasteiger partial charge in [-0.25, -0.2) is 19.2 Å². The van der Waals surface area contributed by atoms with Crippen LogP contribution in [0.3, 0.4) is 0 Å². The molecular formula is C21H21FN2O7. The van der Waals surface area contributed by atoms with Gasteiger partial charge in [0, 0.05) is 12.7 Å². The Morgan fingerprint density at radius 1 is 1.19 bits per heavy atom. The number of methoxy groups -OCH3 is 3. The molecule has 2 N–H and O–H groups in total. The summed E-state index contributed by atoms with van der Waals surface area (Å²) >= 11 is 0. The number of carbonyl (C=O) groups is 1. The van der Waals surface area contributed by atoms with E-state index in [0.29, 0.717) is 5.56 Å². The molecule has 0 amide bonds. The number of rotatable bonds is 8. The van der Waals surface area contributed by atoms with E-state index in [1.165, 1.54) is 44.6 Å². The van der Waals surface area contributed by atoms with Crippen molar-refractivity contribution in [3.05, 3.63) is 47.3 Å². The molecule has 1 heterocycles. The lowest BCUT2D eigenvalue weighted by molar-refractivity contribution is 0.0515. The number of carbonyl (C=O) groups excluding carboxylic acids is 1. The average Bonchev–Trinajstić information content (AvgIpc) is 2.80. The number of esters is 1. The summed E-state index contributed by atoms with van der Waals surface area (Å²) in [7, 11) is 3.93. The van der Waals surface area contributed by atoms with Gasteiger partial charge in [-0.3, -0.25) is 0 Å². The van der Waals surface area contributed by atoms with Gasteiger partial charge >= 0.3 is 5.97 Å². The molecule has 1 unspecified atom stereocenters. The summed E-state index contributed by atoms with van der Waals surface area (Å²) in [5.74, 6) is -1.49. The van der Waals surface area contributed by atoms with E-state index >= 15 is 4.39 Å². The molecule has 0 aliphatic carbocycles. The second-order valence-corrected chi connectivity index (χ2v) is 6.38. The molecule has 0 radical (unpaired) electrons. The van der Waals surface area contributed by atoms with Crippen molar-refractivity contribution in [1.29, 1.82) is 0 Å². The highest BCUT2D eigenvalue weighted by molar-refractivity contribution is 5.92. The van der Waals surface area contributed by atoms with Gasteiger partial charge in [0.25, 0.3) is 0 Å². The first-order valence-electron chi connectivity index (χ1n) is 9.12. The van der Waals surface area contributed by atoms with Gasteiger partial charge in [0.2, 0.25) is 5.88 Å². The zero-order valence-electron chi connectivity index (χ0n) is 17.1. The number of hydrogen-bond donors (Lipinski definition) is 2. The van der Waals surface area contributed by atoms with Gasteiger partial charge in [0.05, 0.1) is 31.9 Å². The molecule has 9 nitrogen and oxygen atoms in total. The molecule has 1 atom stereocenters. The topological polar surface area (TPSA) is 120 Å². The molecule has 0 saturated heterocycles. The zero-order valence-corrected chi connectivity index (χ0v) is 17.1. The predicted molar refractivity (Wildman–Crippen MR) is 107 cm³/mol. The lowest BCUT2D eigenvalue weighted by atomic mass is 10.1. The summed E-state index contributed by atoms with van der Waals surface area (Å²) in [6.45, 7) is -0.633. The van der Waals surface area contributed by atoms with E-state index in [1.807, 2.05) is 0 Å². The van der Waals surface area contributed by atoms with Gasteiger partial charge < -0.3 is 29.2 Å². The molecule has 3 rings (SSSR count). The normalized spacial score (nSPS) is 11.9. The fraction of sp³-hybridized carbons (Fsp3) is 0.286. The highest BCUT2D eigenvalue weighted by Gasteiger charge is 2.23. The Balaban J connectivity index is 2.27. The minimum Gasteiger partial charge on any atom is -0.479 e. The van der Waals surface area contributed by atoms with Crippen molar-refractivity contribution in [1.82, 2.24) is 9.97 Å². The second kappa shape index (κ2) is 9.65. The molecule has 0 spiro atoms. The van der Waals surface area contributed by atoms with Gasteiger partial charge in [-0.2, -0.15) is 0 Å². The SMILES string of the molecule is COCOc1cc(C(O)CO)cc2nc(OC)c(-c3cccc(C(=O)OC)c3F)nc12. The first kappa shape index (κ1) is 22.3. The maximum atomic E-state index is 15.1. The second-order valence-electron chi connectivity index (χ2n) is 6.38. The zero-order chi connectivity index (χ0) is 22.5. The summed E-state index contributed by atoms with van der Waals surface area (Å²) in [5, 5.41) is 19.3. The maximum Gasteiger partial charge on any atom is 0.340 e. The van der Waals surface area contributed by atoms with Crippen molar-refractivity contribution in [2.75, 3.05) is 34.7 Å². The lowest BCUT2D eigenvalue weighted by Gasteiger charge is -2.15. The standard InChI is InChI=1S/C21H21FN2O7/c1-28-10-31-16-8-11(15(26)9-25)7-14-19(16)24-18(20(23-14)29-2)12-5-4-6-13(17(12)22)21(27)30-3/h4-8,15,25-26H,9-10H2,1-3H3. The molecule has 0 saturated carbocycles. The summed E-state index contributed by atoms with van der Waals surface area (Å²) < 4.78 is 35.5. The number of ether oxygens (including phenoxy) is 4. The third kappa shape index (κ3) is 4.41. The van der Waals surface area contributed by atoms with Gasteiger partial charge in [-0.05, 0) is 29.8 Å². The molecule has 2 aromatic carbocycles. The van der Waals surface area contributed by atoms with E-state index in [1.54, 1.807) is 0 Å². The smallest absolute Gasteiger partial charge is 0.340 e. The Morgan fingerprint density at radius 2 is 1.97 bits per heavy atom. The van der Waals surface area contributed by atoms with Crippen LogP contribution in [0.5, 0.6) is 11.6 Å². The van der Waals surface area contributed by atoms with Crippen molar-refractivity contribution in [3.8, 4) is 22.9 Å². The first-order chi connectivity index (χ1) is 14.9. The van der Waals surface area contributed by atoms with Gasteiger partial charge in [-0.1, -0.05) is 6.07 Å². The predicted octanol–water partition coefficient (Wildman–Crippen LogP) is 2.24. The molecule has 164 valence electrons. The van der Waals surface area contributed by atoms with Crippen LogP contribution in [0.15, 0.2) is 30.3 Å². The molecule has 0 fully saturated rings. The minimum atomic E-state index is -1.17. The summed E-state index contributed by atoms with van der Waals surface area (Å²) in [6, 6.07) is 7.20. The van der Waals surface area contributed by atoms with Crippen LogP contribution in [0.4, 0.5) is 4.39 Å². The Labute approximate surface area is 177 Å². The van der Waals surface area contributed by atoms with Crippen LogP contribution in [0, 0.1) is 5.82 Å². The molecule has 1 aromatic heterocycles. The molecule has 10 heteroatoms. The van der Waals surface area contributed by atoms with Crippen molar-refractivity contribution >= 4 is 17.0 Å². The molecule has 31 heavy (non-hydrogen) atoms. The number of benzene rings is 2. The van der Waals surface area contributed by atoms with Gasteiger partial charge in [-0.15, -0.1) is 0 Å². The van der Waals surface area contributed by atoms with Crippen molar-refractivity contribution in [2.24, 2.45) is 0 Å². The molecule has 0 bridgehead atoms. The van der Waals surface area contributed by atoms with Crippen LogP contribution in [-0.4, -0.2) is 60.9 Å².